The molecule has 0 saturated carbocycles. The van der Waals surface area contributed by atoms with Crippen LogP contribution in [0, 0.1) is 5.92 Å². The van der Waals surface area contributed by atoms with Gasteiger partial charge in [-0.25, -0.2) is 8.42 Å². The number of hydrogen-bond acceptors (Lipinski definition) is 6. The predicted octanol–water partition coefficient (Wildman–Crippen LogP) is 0.648. The Bertz CT molecular complexity index is 826. The molecule has 0 aromatic heterocycles. The van der Waals surface area contributed by atoms with Crippen LogP contribution in [0.5, 0.6) is 0 Å². The van der Waals surface area contributed by atoms with Crippen molar-refractivity contribution in [2.24, 2.45) is 5.92 Å². The quantitative estimate of drug-likeness (QED) is 0.679. The molecule has 154 valence electrons. The van der Waals surface area contributed by atoms with Gasteiger partial charge in [0.05, 0.1) is 17.9 Å². The molecule has 9 heteroatoms. The number of amides is 1. The van der Waals surface area contributed by atoms with Crippen molar-refractivity contribution in [3.8, 4) is 0 Å². The Balaban J connectivity index is 1.71. The van der Waals surface area contributed by atoms with Crippen molar-refractivity contribution >= 4 is 21.9 Å². The maximum absolute atomic E-state index is 12.9. The number of methoxy groups -OCH3 is 1. The smallest absolute Gasteiger partial charge is 0.308 e. The topological polar surface area (TPSA) is 87.2 Å². The van der Waals surface area contributed by atoms with Gasteiger partial charge in [0.2, 0.25) is 10.0 Å². The van der Waals surface area contributed by atoms with Crippen LogP contribution in [0.3, 0.4) is 0 Å². The minimum absolute atomic E-state index is 0.146. The lowest BCUT2D eigenvalue weighted by Gasteiger charge is -2.32. The lowest BCUT2D eigenvalue weighted by atomic mass is 9.96. The zero-order chi connectivity index (χ0) is 20.3. The average Bonchev–Trinajstić information content (AvgIpc) is 2.73. The van der Waals surface area contributed by atoms with Crippen LogP contribution in [0.25, 0.3) is 0 Å². The first-order valence-electron chi connectivity index (χ1n) is 9.49. The molecule has 2 aliphatic rings. The van der Waals surface area contributed by atoms with E-state index in [2.05, 4.69) is 4.90 Å². The molecule has 3 rings (SSSR count). The first-order chi connectivity index (χ1) is 13.3. The maximum atomic E-state index is 12.9. The number of carbonyl (C=O) groups excluding carboxylic acids is 2. The summed E-state index contributed by atoms with van der Waals surface area (Å²) >= 11 is 0. The third kappa shape index (κ3) is 4.37. The predicted molar refractivity (Wildman–Crippen MR) is 103 cm³/mol. The number of piperazine rings is 1. The second-order valence-corrected chi connectivity index (χ2v) is 9.26. The van der Waals surface area contributed by atoms with Crippen molar-refractivity contribution in [2.45, 2.75) is 17.7 Å². The second-order valence-electron chi connectivity index (χ2n) is 7.32. The van der Waals surface area contributed by atoms with Gasteiger partial charge in [-0.1, -0.05) is 6.07 Å². The van der Waals surface area contributed by atoms with Gasteiger partial charge in [-0.2, -0.15) is 4.31 Å². The van der Waals surface area contributed by atoms with Crippen LogP contribution in [0.2, 0.25) is 0 Å². The van der Waals surface area contributed by atoms with Gasteiger partial charge in [0.25, 0.3) is 5.91 Å². The molecule has 0 bridgehead atoms. The molecule has 0 atom stereocenters. The molecule has 0 N–H and O–H groups in total. The fourth-order valence-corrected chi connectivity index (χ4v) is 5.10. The van der Waals surface area contributed by atoms with Crippen LogP contribution in [0.4, 0.5) is 0 Å². The number of benzene rings is 1. The van der Waals surface area contributed by atoms with E-state index in [4.69, 9.17) is 4.74 Å². The number of rotatable bonds is 4. The van der Waals surface area contributed by atoms with E-state index in [0.717, 1.165) is 0 Å². The lowest BCUT2D eigenvalue weighted by Crippen LogP contribution is -2.47. The molecular weight excluding hydrogens is 382 g/mol. The number of hydrogen-bond donors (Lipinski definition) is 0. The summed E-state index contributed by atoms with van der Waals surface area (Å²) in [5.41, 5.74) is 0.353. The summed E-state index contributed by atoms with van der Waals surface area (Å²) < 4.78 is 32.1. The van der Waals surface area contributed by atoms with Gasteiger partial charge in [0.15, 0.2) is 0 Å². The lowest BCUT2D eigenvalue weighted by molar-refractivity contribution is -0.146. The van der Waals surface area contributed by atoms with Gasteiger partial charge in [-0.05, 0) is 38.1 Å². The van der Waals surface area contributed by atoms with Gasteiger partial charge < -0.3 is 14.5 Å². The number of likely N-dealkylation sites (N-methyl/N-ethyl adjacent to an activating group) is 1. The highest BCUT2D eigenvalue weighted by Crippen LogP contribution is 2.23. The minimum atomic E-state index is -3.62. The van der Waals surface area contributed by atoms with Crippen LogP contribution in [0.1, 0.15) is 23.2 Å². The molecule has 0 unspecified atom stereocenters. The zero-order valence-electron chi connectivity index (χ0n) is 16.3. The van der Waals surface area contributed by atoms with Crippen molar-refractivity contribution in [1.29, 1.82) is 0 Å². The summed E-state index contributed by atoms with van der Waals surface area (Å²) in [7, 11) is -0.289. The number of likely N-dealkylation sites (tertiary alicyclic amines) is 1. The number of nitrogens with zero attached hydrogens (tertiary/aromatic N) is 3. The summed E-state index contributed by atoms with van der Waals surface area (Å²) in [6.45, 7) is 3.16. The van der Waals surface area contributed by atoms with E-state index in [9.17, 15) is 18.0 Å². The molecule has 28 heavy (non-hydrogen) atoms. The molecule has 0 spiro atoms. The molecule has 2 saturated heterocycles. The minimum Gasteiger partial charge on any atom is -0.469 e. The third-order valence-corrected chi connectivity index (χ3v) is 7.39. The first kappa shape index (κ1) is 20.8. The second kappa shape index (κ2) is 8.59. The Hall–Kier alpha value is -1.97. The summed E-state index contributed by atoms with van der Waals surface area (Å²) in [6.07, 6.45) is 1.11. The third-order valence-electron chi connectivity index (χ3n) is 5.50. The van der Waals surface area contributed by atoms with E-state index in [0.29, 0.717) is 57.7 Å². The van der Waals surface area contributed by atoms with Gasteiger partial charge in [-0.15, -0.1) is 0 Å². The Kier molecular flexibility index (Phi) is 6.36. The van der Waals surface area contributed by atoms with Crippen LogP contribution in [0.15, 0.2) is 29.2 Å². The molecular formula is C19H27N3O5S. The molecule has 0 radical (unpaired) electrons. The molecule has 0 aliphatic carbocycles. The fourth-order valence-electron chi connectivity index (χ4n) is 3.63. The molecule has 2 aliphatic heterocycles. The maximum Gasteiger partial charge on any atom is 0.308 e. The SMILES string of the molecule is COC(=O)C1CCN(C(=O)c2cccc(S(=O)(=O)N3CCN(C)CC3)c2)CC1. The molecule has 2 heterocycles. The molecule has 1 aromatic rings. The van der Waals surface area contributed by atoms with Crippen molar-refractivity contribution < 1.29 is 22.7 Å². The van der Waals surface area contributed by atoms with Gasteiger partial charge >= 0.3 is 5.97 Å². The van der Waals surface area contributed by atoms with E-state index in [1.807, 2.05) is 7.05 Å². The largest absolute Gasteiger partial charge is 0.469 e. The number of sulfonamides is 1. The zero-order valence-corrected chi connectivity index (χ0v) is 17.2. The highest BCUT2D eigenvalue weighted by Gasteiger charge is 2.30. The van der Waals surface area contributed by atoms with E-state index in [1.165, 1.54) is 23.5 Å². The van der Waals surface area contributed by atoms with Crippen molar-refractivity contribution in [2.75, 3.05) is 53.4 Å². The van der Waals surface area contributed by atoms with Crippen LogP contribution >= 0.6 is 0 Å². The molecule has 1 aromatic carbocycles. The van der Waals surface area contributed by atoms with E-state index in [1.54, 1.807) is 17.0 Å². The number of piperidine rings is 1. The highest BCUT2D eigenvalue weighted by molar-refractivity contribution is 7.89. The summed E-state index contributed by atoms with van der Waals surface area (Å²) in [5, 5.41) is 0. The molecule has 2 fully saturated rings. The van der Waals surface area contributed by atoms with Crippen molar-refractivity contribution in [3.63, 3.8) is 0 Å². The van der Waals surface area contributed by atoms with Gasteiger partial charge in [0, 0.05) is 44.8 Å². The van der Waals surface area contributed by atoms with E-state index in [-0.39, 0.29) is 22.7 Å². The van der Waals surface area contributed by atoms with Crippen molar-refractivity contribution in [1.82, 2.24) is 14.1 Å². The monoisotopic (exact) mass is 409 g/mol. The summed E-state index contributed by atoms with van der Waals surface area (Å²) in [4.78, 5) is 28.4. The Morgan fingerprint density at radius 2 is 1.68 bits per heavy atom. The van der Waals surface area contributed by atoms with Gasteiger partial charge in [-0.3, -0.25) is 9.59 Å². The van der Waals surface area contributed by atoms with Crippen molar-refractivity contribution in [3.05, 3.63) is 29.8 Å². The summed E-state index contributed by atoms with van der Waals surface area (Å²) in [6, 6.07) is 6.24. The first-order valence-corrected chi connectivity index (χ1v) is 10.9. The molecule has 1 amide bonds. The normalized spacial score (nSPS) is 20.1. The van der Waals surface area contributed by atoms with Crippen LogP contribution < -0.4 is 0 Å². The van der Waals surface area contributed by atoms with E-state index >= 15 is 0 Å². The van der Waals surface area contributed by atoms with E-state index < -0.39 is 10.0 Å². The average molecular weight is 410 g/mol. The number of ether oxygens (including phenoxy) is 1. The fraction of sp³-hybridized carbons (Fsp3) is 0.579. The highest BCUT2D eigenvalue weighted by atomic mass is 32.2. The van der Waals surface area contributed by atoms with Crippen LogP contribution in [-0.2, 0) is 19.6 Å². The Morgan fingerprint density at radius 1 is 1.04 bits per heavy atom. The standard InChI is InChI=1S/C19H27N3O5S/c1-20-10-12-22(13-11-20)28(25,26)17-5-3-4-16(14-17)18(23)21-8-6-15(7-9-21)19(24)27-2/h3-5,14-15H,6-13H2,1-2H3. The number of esters is 1. The Labute approximate surface area is 166 Å². The summed E-state index contributed by atoms with van der Waals surface area (Å²) in [5.74, 6) is -0.635. The van der Waals surface area contributed by atoms with Gasteiger partial charge in [0.1, 0.15) is 0 Å². The number of carbonyl (C=O) groups is 2. The Morgan fingerprint density at radius 3 is 2.29 bits per heavy atom. The molecule has 8 nitrogen and oxygen atoms in total. The van der Waals surface area contributed by atoms with Crippen LogP contribution in [-0.4, -0.2) is 87.8 Å².